The van der Waals surface area contributed by atoms with Crippen LogP contribution in [0, 0.1) is 13.8 Å². The Bertz CT molecular complexity index is 553. The van der Waals surface area contributed by atoms with Crippen LogP contribution in [0.3, 0.4) is 0 Å². The van der Waals surface area contributed by atoms with Crippen LogP contribution in [0.4, 0.5) is 8.78 Å². The van der Waals surface area contributed by atoms with Crippen molar-refractivity contribution in [3.8, 4) is 11.5 Å². The number of ether oxygens (including phenoxy) is 2. The normalized spacial score (nSPS) is 14.5. The van der Waals surface area contributed by atoms with Crippen LogP contribution < -0.4 is 9.47 Å². The first-order valence-electron chi connectivity index (χ1n) is 5.85. The minimum Gasteiger partial charge on any atom is -0.395 e. The summed E-state index contributed by atoms with van der Waals surface area (Å²) in [4.78, 5) is 0. The van der Waals surface area contributed by atoms with Crippen LogP contribution >= 0.6 is 0 Å². The quantitative estimate of drug-likeness (QED) is 0.705. The minimum atomic E-state index is -3.51. The molecule has 0 saturated carbocycles. The molecular formula is C15H14F2O2. The van der Waals surface area contributed by atoms with Crippen molar-refractivity contribution in [3.05, 3.63) is 59.7 Å². The Hall–Kier alpha value is -2.10. The summed E-state index contributed by atoms with van der Waals surface area (Å²) in [6.07, 6.45) is -3.51. The van der Waals surface area contributed by atoms with Gasteiger partial charge in [0.15, 0.2) is 11.5 Å². The van der Waals surface area contributed by atoms with Gasteiger partial charge in [0, 0.05) is 0 Å². The van der Waals surface area contributed by atoms with E-state index >= 15 is 0 Å². The Morgan fingerprint density at radius 2 is 1.53 bits per heavy atom. The van der Waals surface area contributed by atoms with Crippen LogP contribution in [0.5, 0.6) is 11.5 Å². The van der Waals surface area contributed by atoms with Crippen LogP contribution in [0.2, 0.25) is 0 Å². The number of aryl methyl sites for hydroxylation is 2. The van der Waals surface area contributed by atoms with Crippen molar-refractivity contribution in [2.75, 3.05) is 0 Å². The molecule has 1 heterocycles. The molecule has 0 unspecified atom stereocenters. The van der Waals surface area contributed by atoms with Crippen LogP contribution in [-0.4, -0.2) is 6.29 Å². The van der Waals surface area contributed by atoms with Gasteiger partial charge in [-0.3, -0.25) is 0 Å². The van der Waals surface area contributed by atoms with E-state index in [-0.39, 0.29) is 11.5 Å². The third-order valence-corrected chi connectivity index (χ3v) is 2.57. The van der Waals surface area contributed by atoms with E-state index in [9.17, 15) is 8.78 Å². The van der Waals surface area contributed by atoms with Gasteiger partial charge in [-0.1, -0.05) is 48.0 Å². The van der Waals surface area contributed by atoms with E-state index in [1.54, 1.807) is 19.1 Å². The Morgan fingerprint density at radius 3 is 2.05 bits per heavy atom. The molecule has 0 amide bonds. The van der Waals surface area contributed by atoms with Crippen LogP contribution in [-0.2, 0) is 0 Å². The second-order valence-electron chi connectivity index (χ2n) is 4.22. The van der Waals surface area contributed by atoms with Gasteiger partial charge in [-0.25, -0.2) is 0 Å². The van der Waals surface area contributed by atoms with E-state index in [1.165, 1.54) is 11.6 Å². The molecule has 0 bridgehead atoms. The highest BCUT2D eigenvalue weighted by Gasteiger charge is 2.43. The molecule has 100 valence electrons. The molecule has 1 aliphatic heterocycles. The molecule has 0 spiro atoms. The zero-order valence-electron chi connectivity index (χ0n) is 10.7. The van der Waals surface area contributed by atoms with Gasteiger partial charge in [0.1, 0.15) is 0 Å². The van der Waals surface area contributed by atoms with E-state index < -0.39 is 6.29 Å². The highest BCUT2D eigenvalue weighted by Crippen LogP contribution is 2.42. The fourth-order valence-electron chi connectivity index (χ4n) is 1.64. The van der Waals surface area contributed by atoms with E-state index in [0.717, 1.165) is 0 Å². The largest absolute Gasteiger partial charge is 0.586 e. The summed E-state index contributed by atoms with van der Waals surface area (Å²) in [5.41, 5.74) is 1.96. The lowest BCUT2D eigenvalue weighted by Gasteiger charge is -2.04. The van der Waals surface area contributed by atoms with E-state index in [2.05, 4.69) is 28.5 Å². The van der Waals surface area contributed by atoms with E-state index in [4.69, 9.17) is 0 Å². The highest BCUT2D eigenvalue weighted by molar-refractivity contribution is 5.47. The van der Waals surface area contributed by atoms with Crippen molar-refractivity contribution in [1.82, 2.24) is 0 Å². The monoisotopic (exact) mass is 264 g/mol. The standard InChI is InChI=1S/C8H6F2O2.C7H8/c1-5-3-2-4-6-7(5)12-8(9,10)11-6;1-7-5-3-2-4-6-7/h2-4H,1H3;2-6H,1H3. The highest BCUT2D eigenvalue weighted by atomic mass is 19.3. The summed E-state index contributed by atoms with van der Waals surface area (Å²) in [5.74, 6) is 0.225. The van der Waals surface area contributed by atoms with Crippen molar-refractivity contribution in [2.24, 2.45) is 0 Å². The van der Waals surface area contributed by atoms with Gasteiger partial charge in [0.05, 0.1) is 0 Å². The van der Waals surface area contributed by atoms with E-state index in [1.807, 2.05) is 18.2 Å². The van der Waals surface area contributed by atoms with Crippen molar-refractivity contribution in [1.29, 1.82) is 0 Å². The first kappa shape index (κ1) is 13.3. The zero-order valence-corrected chi connectivity index (χ0v) is 10.7. The molecule has 3 rings (SSSR count). The lowest BCUT2D eigenvalue weighted by molar-refractivity contribution is -0.286. The number of hydrogen-bond donors (Lipinski definition) is 0. The summed E-state index contributed by atoms with van der Waals surface area (Å²) in [6, 6.07) is 15.0. The number of fused-ring (bicyclic) bond motifs is 1. The number of rotatable bonds is 0. The predicted octanol–water partition coefficient (Wildman–Crippen LogP) is 4.31. The summed E-state index contributed by atoms with van der Waals surface area (Å²) >= 11 is 0. The van der Waals surface area contributed by atoms with Gasteiger partial charge in [-0.15, -0.1) is 8.78 Å². The summed E-state index contributed by atoms with van der Waals surface area (Å²) in [5, 5.41) is 0. The number of benzene rings is 2. The predicted molar refractivity (Wildman–Crippen MR) is 68.6 cm³/mol. The molecule has 2 aromatic rings. The fourth-order valence-corrected chi connectivity index (χ4v) is 1.64. The van der Waals surface area contributed by atoms with Gasteiger partial charge in [0.25, 0.3) is 0 Å². The second-order valence-corrected chi connectivity index (χ2v) is 4.22. The molecule has 1 aliphatic rings. The van der Waals surface area contributed by atoms with Crippen LogP contribution in [0.1, 0.15) is 11.1 Å². The van der Waals surface area contributed by atoms with Crippen LogP contribution in [0.15, 0.2) is 48.5 Å². The smallest absolute Gasteiger partial charge is 0.395 e. The average Bonchev–Trinajstić information content (AvgIpc) is 2.67. The molecule has 2 aromatic carbocycles. The molecule has 0 aromatic heterocycles. The Morgan fingerprint density at radius 1 is 0.842 bits per heavy atom. The summed E-state index contributed by atoms with van der Waals surface area (Å²) < 4.78 is 33.4. The molecule has 0 N–H and O–H groups in total. The number of alkyl halides is 2. The minimum absolute atomic E-state index is 0.0972. The molecule has 0 saturated heterocycles. The van der Waals surface area contributed by atoms with E-state index in [0.29, 0.717) is 5.56 Å². The molecule has 0 aliphatic carbocycles. The lowest BCUT2D eigenvalue weighted by atomic mass is 10.2. The molecule has 19 heavy (non-hydrogen) atoms. The first-order chi connectivity index (χ1) is 8.98. The molecule has 4 heteroatoms. The Balaban J connectivity index is 0.000000163. The van der Waals surface area contributed by atoms with Crippen molar-refractivity contribution in [3.63, 3.8) is 0 Å². The molecule has 2 nitrogen and oxygen atoms in total. The van der Waals surface area contributed by atoms with Gasteiger partial charge >= 0.3 is 6.29 Å². The number of hydrogen-bond acceptors (Lipinski definition) is 2. The second kappa shape index (κ2) is 5.26. The van der Waals surface area contributed by atoms with Gasteiger partial charge in [-0.05, 0) is 25.5 Å². The molecule has 0 radical (unpaired) electrons. The lowest BCUT2D eigenvalue weighted by Crippen LogP contribution is -2.26. The topological polar surface area (TPSA) is 18.5 Å². The first-order valence-corrected chi connectivity index (χ1v) is 5.85. The SMILES string of the molecule is Cc1cccc2c1OC(F)(F)O2.Cc1ccccc1. The van der Waals surface area contributed by atoms with Crippen LogP contribution in [0.25, 0.3) is 0 Å². The van der Waals surface area contributed by atoms with Gasteiger partial charge in [-0.2, -0.15) is 0 Å². The Kier molecular flexibility index (Phi) is 3.69. The fraction of sp³-hybridized carbons (Fsp3) is 0.200. The number of halogens is 2. The van der Waals surface area contributed by atoms with Crippen molar-refractivity contribution in [2.45, 2.75) is 20.1 Å². The third kappa shape index (κ3) is 3.44. The van der Waals surface area contributed by atoms with Gasteiger partial charge in [0.2, 0.25) is 0 Å². The average molecular weight is 264 g/mol. The maximum absolute atomic E-state index is 12.5. The summed E-state index contributed by atoms with van der Waals surface area (Å²) in [6.45, 7) is 3.77. The third-order valence-electron chi connectivity index (χ3n) is 2.57. The van der Waals surface area contributed by atoms with Crippen molar-refractivity contribution >= 4 is 0 Å². The van der Waals surface area contributed by atoms with Crippen molar-refractivity contribution < 1.29 is 18.3 Å². The van der Waals surface area contributed by atoms with Gasteiger partial charge < -0.3 is 9.47 Å². The maximum atomic E-state index is 12.5. The maximum Gasteiger partial charge on any atom is 0.586 e. The molecule has 0 atom stereocenters. The summed E-state index contributed by atoms with van der Waals surface area (Å²) in [7, 11) is 0. The molecular weight excluding hydrogens is 250 g/mol. The Labute approximate surface area is 110 Å². The zero-order chi connectivity index (χ0) is 13.9. The number of para-hydroxylation sites is 1. The molecule has 0 fully saturated rings.